The van der Waals surface area contributed by atoms with Gasteiger partial charge in [-0.2, -0.15) is 0 Å². The van der Waals surface area contributed by atoms with Crippen molar-refractivity contribution < 1.29 is 14.5 Å². The number of likely N-dealkylation sites (tertiary alicyclic amines) is 1. The highest BCUT2D eigenvalue weighted by molar-refractivity contribution is 5.85. The van der Waals surface area contributed by atoms with Crippen molar-refractivity contribution in [1.82, 2.24) is 4.90 Å². The maximum atomic E-state index is 11.9. The fourth-order valence-electron chi connectivity index (χ4n) is 2.15. The molecule has 0 spiro atoms. The standard InChI is InChI=1S/C13H17N3O4.ClH/c14-10-5-7-15(9-10)13(17)6-8-20-12-4-2-1-3-11(12)16(18)19;/h1-4,10H,5-9,14H2;1H/t10-;/m1./s1. The van der Waals surface area contributed by atoms with Crippen molar-refractivity contribution in [3.8, 4) is 5.75 Å². The number of benzene rings is 1. The van der Waals surface area contributed by atoms with Gasteiger partial charge >= 0.3 is 5.69 Å². The Morgan fingerprint density at radius 1 is 1.48 bits per heavy atom. The first-order valence-corrected chi connectivity index (χ1v) is 6.47. The molecule has 0 bridgehead atoms. The fraction of sp³-hybridized carbons (Fsp3) is 0.462. The van der Waals surface area contributed by atoms with Crippen molar-refractivity contribution in [2.45, 2.75) is 18.9 Å². The summed E-state index contributed by atoms with van der Waals surface area (Å²) >= 11 is 0. The largest absolute Gasteiger partial charge is 0.486 e. The molecule has 1 aliphatic rings. The number of nitrogens with zero attached hydrogens (tertiary/aromatic N) is 2. The maximum absolute atomic E-state index is 11.9. The van der Waals surface area contributed by atoms with Gasteiger partial charge in [-0.25, -0.2) is 0 Å². The first-order chi connectivity index (χ1) is 9.58. The van der Waals surface area contributed by atoms with Gasteiger partial charge in [-0.05, 0) is 12.5 Å². The zero-order chi connectivity index (χ0) is 14.5. The summed E-state index contributed by atoms with van der Waals surface area (Å²) in [6.07, 6.45) is 1.01. The lowest BCUT2D eigenvalue weighted by Crippen LogP contribution is -2.32. The molecule has 2 N–H and O–H groups in total. The van der Waals surface area contributed by atoms with Crippen molar-refractivity contribution in [1.29, 1.82) is 0 Å². The van der Waals surface area contributed by atoms with Crippen LogP contribution in [0.4, 0.5) is 5.69 Å². The van der Waals surface area contributed by atoms with Gasteiger partial charge < -0.3 is 15.4 Å². The van der Waals surface area contributed by atoms with E-state index < -0.39 is 4.92 Å². The highest BCUT2D eigenvalue weighted by Crippen LogP contribution is 2.25. The van der Waals surface area contributed by atoms with Gasteiger partial charge in [-0.15, -0.1) is 12.4 Å². The summed E-state index contributed by atoms with van der Waals surface area (Å²) in [5.74, 6) is 0.153. The minimum atomic E-state index is -0.503. The highest BCUT2D eigenvalue weighted by atomic mass is 35.5. The number of carbonyl (C=O) groups excluding carboxylic acids is 1. The number of para-hydroxylation sites is 2. The molecule has 1 fully saturated rings. The summed E-state index contributed by atoms with van der Waals surface area (Å²) < 4.78 is 5.34. The van der Waals surface area contributed by atoms with E-state index in [2.05, 4.69) is 0 Å². The predicted molar refractivity (Wildman–Crippen MR) is 79.6 cm³/mol. The molecule has 8 heteroatoms. The lowest BCUT2D eigenvalue weighted by molar-refractivity contribution is -0.385. The summed E-state index contributed by atoms with van der Waals surface area (Å²) in [5.41, 5.74) is 5.64. The van der Waals surface area contributed by atoms with Crippen LogP contribution in [0.1, 0.15) is 12.8 Å². The number of hydrogen-bond donors (Lipinski definition) is 1. The van der Waals surface area contributed by atoms with Gasteiger partial charge in [0.25, 0.3) is 0 Å². The van der Waals surface area contributed by atoms with E-state index in [4.69, 9.17) is 10.5 Å². The summed E-state index contributed by atoms with van der Waals surface area (Å²) in [4.78, 5) is 23.9. The summed E-state index contributed by atoms with van der Waals surface area (Å²) in [7, 11) is 0. The molecule has 1 aromatic rings. The van der Waals surface area contributed by atoms with E-state index in [1.165, 1.54) is 12.1 Å². The van der Waals surface area contributed by atoms with Crippen LogP contribution in [0.5, 0.6) is 5.75 Å². The van der Waals surface area contributed by atoms with Crippen molar-refractivity contribution in [2.24, 2.45) is 5.73 Å². The molecular weight excluding hydrogens is 298 g/mol. The highest BCUT2D eigenvalue weighted by Gasteiger charge is 2.23. The number of nitro groups is 1. The van der Waals surface area contributed by atoms with Crippen LogP contribution < -0.4 is 10.5 Å². The Labute approximate surface area is 128 Å². The van der Waals surface area contributed by atoms with Gasteiger partial charge in [0, 0.05) is 25.2 Å². The second kappa shape index (κ2) is 7.80. The average Bonchev–Trinajstić information content (AvgIpc) is 2.86. The molecule has 1 aromatic carbocycles. The van der Waals surface area contributed by atoms with Crippen molar-refractivity contribution in [2.75, 3.05) is 19.7 Å². The van der Waals surface area contributed by atoms with Gasteiger partial charge in [0.2, 0.25) is 5.91 Å². The molecule has 0 saturated carbocycles. The maximum Gasteiger partial charge on any atom is 0.310 e. The number of rotatable bonds is 5. The lowest BCUT2D eigenvalue weighted by atomic mass is 10.3. The Morgan fingerprint density at radius 2 is 2.19 bits per heavy atom. The molecule has 0 unspecified atom stereocenters. The molecule has 0 aromatic heterocycles. The van der Waals surface area contributed by atoms with Crippen LogP contribution in [0.15, 0.2) is 24.3 Å². The van der Waals surface area contributed by atoms with Crippen LogP contribution in [-0.2, 0) is 4.79 Å². The number of nitro benzene ring substituents is 1. The number of carbonyl (C=O) groups is 1. The molecular formula is C13H18ClN3O4. The van der Waals surface area contributed by atoms with Crippen LogP contribution >= 0.6 is 12.4 Å². The second-order valence-corrected chi connectivity index (χ2v) is 4.71. The van der Waals surface area contributed by atoms with Gasteiger partial charge in [0.1, 0.15) is 0 Å². The van der Waals surface area contributed by atoms with Gasteiger partial charge in [-0.1, -0.05) is 12.1 Å². The molecule has 0 aliphatic carbocycles. The first kappa shape index (κ1) is 17.2. The number of halogens is 1. The lowest BCUT2D eigenvalue weighted by Gasteiger charge is -2.15. The Morgan fingerprint density at radius 3 is 2.81 bits per heavy atom. The quantitative estimate of drug-likeness (QED) is 0.653. The zero-order valence-electron chi connectivity index (χ0n) is 11.4. The van der Waals surface area contributed by atoms with Crippen LogP contribution in [0.25, 0.3) is 0 Å². The molecule has 1 saturated heterocycles. The van der Waals surface area contributed by atoms with Crippen LogP contribution in [0.2, 0.25) is 0 Å². The van der Waals surface area contributed by atoms with E-state index in [1.807, 2.05) is 0 Å². The molecule has 1 heterocycles. The van der Waals surface area contributed by atoms with E-state index in [9.17, 15) is 14.9 Å². The molecule has 116 valence electrons. The predicted octanol–water partition coefficient (Wildman–Crippen LogP) is 1.35. The van der Waals surface area contributed by atoms with Gasteiger partial charge in [0.05, 0.1) is 18.0 Å². The number of hydrogen-bond acceptors (Lipinski definition) is 5. The third-order valence-electron chi connectivity index (χ3n) is 3.21. The summed E-state index contributed by atoms with van der Waals surface area (Å²) in [6, 6.07) is 6.17. The summed E-state index contributed by atoms with van der Waals surface area (Å²) in [6.45, 7) is 1.37. The van der Waals surface area contributed by atoms with Crippen LogP contribution in [-0.4, -0.2) is 41.5 Å². The van der Waals surface area contributed by atoms with Crippen molar-refractivity contribution >= 4 is 24.0 Å². The molecule has 21 heavy (non-hydrogen) atoms. The first-order valence-electron chi connectivity index (χ1n) is 6.47. The van der Waals surface area contributed by atoms with Crippen molar-refractivity contribution in [3.63, 3.8) is 0 Å². The molecule has 7 nitrogen and oxygen atoms in total. The average molecular weight is 316 g/mol. The Bertz CT molecular complexity index is 512. The van der Waals surface area contributed by atoms with Gasteiger partial charge in [0.15, 0.2) is 5.75 Å². The van der Waals surface area contributed by atoms with Crippen LogP contribution in [0.3, 0.4) is 0 Å². The fourth-order valence-corrected chi connectivity index (χ4v) is 2.15. The third kappa shape index (κ3) is 4.57. The number of nitrogens with two attached hydrogens (primary N) is 1. The van der Waals surface area contributed by atoms with E-state index in [0.717, 1.165) is 6.42 Å². The van der Waals surface area contributed by atoms with Crippen LogP contribution in [0, 0.1) is 10.1 Å². The monoisotopic (exact) mass is 315 g/mol. The Balaban J connectivity index is 0.00000220. The number of ether oxygens (including phenoxy) is 1. The second-order valence-electron chi connectivity index (χ2n) is 4.71. The minimum absolute atomic E-state index is 0. The van der Waals surface area contributed by atoms with E-state index in [-0.39, 0.29) is 48.8 Å². The minimum Gasteiger partial charge on any atom is -0.486 e. The molecule has 1 atom stereocenters. The SMILES string of the molecule is Cl.N[C@@H]1CCN(C(=O)CCOc2ccccc2[N+](=O)[O-])C1. The summed E-state index contributed by atoms with van der Waals surface area (Å²) in [5, 5.41) is 10.8. The van der Waals surface area contributed by atoms with Crippen molar-refractivity contribution in [3.05, 3.63) is 34.4 Å². The Hall–Kier alpha value is -1.86. The van der Waals surface area contributed by atoms with E-state index >= 15 is 0 Å². The normalized spacial score (nSPS) is 17.2. The third-order valence-corrected chi connectivity index (χ3v) is 3.21. The zero-order valence-corrected chi connectivity index (χ0v) is 12.3. The Kier molecular flexibility index (Phi) is 6.39. The van der Waals surface area contributed by atoms with Gasteiger partial charge in [-0.3, -0.25) is 14.9 Å². The number of amides is 1. The molecule has 2 rings (SSSR count). The molecule has 1 aliphatic heterocycles. The van der Waals surface area contributed by atoms with E-state index in [1.54, 1.807) is 17.0 Å². The molecule has 0 radical (unpaired) electrons. The molecule has 1 amide bonds. The topological polar surface area (TPSA) is 98.7 Å². The smallest absolute Gasteiger partial charge is 0.310 e. The van der Waals surface area contributed by atoms with E-state index in [0.29, 0.717) is 13.1 Å².